The van der Waals surface area contributed by atoms with Crippen molar-refractivity contribution in [1.82, 2.24) is 4.98 Å². The molecule has 2 heterocycles. The average molecular weight is 198 g/mol. The number of nitrogens with two attached hydrogens (primary N) is 1. The van der Waals surface area contributed by atoms with E-state index in [1.165, 1.54) is 18.6 Å². The Morgan fingerprint density at radius 1 is 1.69 bits per heavy atom. The minimum Gasteiger partial charge on any atom is -0.444 e. The van der Waals surface area contributed by atoms with Gasteiger partial charge in [-0.15, -0.1) is 0 Å². The minimum atomic E-state index is 0.451. The van der Waals surface area contributed by atoms with Crippen LogP contribution in [0.1, 0.15) is 30.4 Å². The Balaban J connectivity index is 2.05. The number of nitrogens with zero attached hydrogens (tertiary/aromatic N) is 1. The van der Waals surface area contributed by atoms with Crippen LogP contribution in [0.4, 0.5) is 0 Å². The van der Waals surface area contributed by atoms with Gasteiger partial charge < -0.3 is 10.2 Å². The standard InChI is InChI=1S/C9H14N2OS/c10-4-8-5-11-9(12-8)7-2-1-3-13-6-7/h5,7H,1-4,6,10H2. The summed E-state index contributed by atoms with van der Waals surface area (Å²) in [5, 5.41) is 0. The molecule has 0 aliphatic carbocycles. The molecule has 0 saturated carbocycles. The van der Waals surface area contributed by atoms with Crippen LogP contribution in [0, 0.1) is 0 Å². The molecular formula is C9H14N2OS. The second kappa shape index (κ2) is 4.15. The third-order valence-electron chi connectivity index (χ3n) is 2.28. The average Bonchev–Trinajstić information content (AvgIpc) is 2.67. The Kier molecular flexibility index (Phi) is 2.90. The zero-order valence-electron chi connectivity index (χ0n) is 7.53. The number of oxazole rings is 1. The molecule has 1 fully saturated rings. The molecule has 72 valence electrons. The fourth-order valence-corrected chi connectivity index (χ4v) is 2.67. The van der Waals surface area contributed by atoms with Crippen molar-refractivity contribution in [3.8, 4) is 0 Å². The lowest BCUT2D eigenvalue weighted by atomic mass is 10.1. The molecule has 4 heteroatoms. The lowest BCUT2D eigenvalue weighted by Gasteiger charge is -2.17. The molecule has 0 amide bonds. The molecule has 13 heavy (non-hydrogen) atoms. The summed E-state index contributed by atoms with van der Waals surface area (Å²) < 4.78 is 5.52. The Labute approximate surface area is 82.1 Å². The van der Waals surface area contributed by atoms with Crippen LogP contribution in [-0.4, -0.2) is 16.5 Å². The van der Waals surface area contributed by atoms with Gasteiger partial charge >= 0.3 is 0 Å². The van der Waals surface area contributed by atoms with Crippen LogP contribution in [0.3, 0.4) is 0 Å². The zero-order valence-corrected chi connectivity index (χ0v) is 8.35. The first kappa shape index (κ1) is 9.09. The predicted molar refractivity (Wildman–Crippen MR) is 53.7 cm³/mol. The predicted octanol–water partition coefficient (Wildman–Crippen LogP) is 1.74. The molecule has 3 nitrogen and oxygen atoms in total. The number of aromatic nitrogens is 1. The van der Waals surface area contributed by atoms with Gasteiger partial charge in [-0.2, -0.15) is 11.8 Å². The number of hydrogen-bond donors (Lipinski definition) is 1. The van der Waals surface area contributed by atoms with E-state index in [2.05, 4.69) is 4.98 Å². The normalized spacial score (nSPS) is 23.3. The number of hydrogen-bond acceptors (Lipinski definition) is 4. The Hall–Kier alpha value is -0.480. The van der Waals surface area contributed by atoms with Crippen LogP contribution < -0.4 is 5.73 Å². The summed E-state index contributed by atoms with van der Waals surface area (Å²) >= 11 is 1.98. The SMILES string of the molecule is NCc1cnc(C2CCCSC2)o1. The van der Waals surface area contributed by atoms with E-state index in [-0.39, 0.29) is 0 Å². The summed E-state index contributed by atoms with van der Waals surface area (Å²) in [5.74, 6) is 4.61. The summed E-state index contributed by atoms with van der Waals surface area (Å²) in [6.07, 6.45) is 4.22. The van der Waals surface area contributed by atoms with E-state index >= 15 is 0 Å². The van der Waals surface area contributed by atoms with Crippen LogP contribution in [-0.2, 0) is 6.54 Å². The van der Waals surface area contributed by atoms with E-state index in [0.29, 0.717) is 12.5 Å². The lowest BCUT2D eigenvalue weighted by Crippen LogP contribution is -2.08. The number of rotatable bonds is 2. The van der Waals surface area contributed by atoms with Crippen LogP contribution in [0.5, 0.6) is 0 Å². The summed E-state index contributed by atoms with van der Waals surface area (Å²) in [6, 6.07) is 0. The maximum atomic E-state index is 5.52. The van der Waals surface area contributed by atoms with Gasteiger partial charge in [0, 0.05) is 11.7 Å². The topological polar surface area (TPSA) is 52.0 Å². The monoisotopic (exact) mass is 198 g/mol. The molecule has 1 unspecified atom stereocenters. The van der Waals surface area contributed by atoms with Crippen molar-refractivity contribution in [3.63, 3.8) is 0 Å². The highest BCUT2D eigenvalue weighted by molar-refractivity contribution is 7.99. The van der Waals surface area contributed by atoms with E-state index in [9.17, 15) is 0 Å². The molecule has 1 atom stereocenters. The van der Waals surface area contributed by atoms with Crippen molar-refractivity contribution in [3.05, 3.63) is 17.8 Å². The largest absolute Gasteiger partial charge is 0.444 e. The van der Waals surface area contributed by atoms with Crippen molar-refractivity contribution in [1.29, 1.82) is 0 Å². The van der Waals surface area contributed by atoms with Gasteiger partial charge in [0.1, 0.15) is 5.76 Å². The zero-order chi connectivity index (χ0) is 9.10. The summed E-state index contributed by atoms with van der Waals surface area (Å²) in [5.41, 5.74) is 5.45. The third-order valence-corrected chi connectivity index (χ3v) is 3.50. The minimum absolute atomic E-state index is 0.451. The number of thioether (sulfide) groups is 1. The summed E-state index contributed by atoms with van der Waals surface area (Å²) in [4.78, 5) is 4.25. The van der Waals surface area contributed by atoms with Crippen LogP contribution in [0.2, 0.25) is 0 Å². The third kappa shape index (κ3) is 2.06. The molecule has 1 aliphatic heterocycles. The van der Waals surface area contributed by atoms with Crippen molar-refractivity contribution >= 4 is 11.8 Å². The molecule has 1 aromatic rings. The van der Waals surface area contributed by atoms with Gasteiger partial charge in [0.2, 0.25) is 0 Å². The van der Waals surface area contributed by atoms with Crippen molar-refractivity contribution in [2.24, 2.45) is 5.73 Å². The molecule has 0 radical (unpaired) electrons. The Morgan fingerprint density at radius 2 is 2.62 bits per heavy atom. The highest BCUT2D eigenvalue weighted by Crippen LogP contribution is 2.30. The van der Waals surface area contributed by atoms with Gasteiger partial charge in [0.15, 0.2) is 5.89 Å². The van der Waals surface area contributed by atoms with Gasteiger partial charge in [-0.1, -0.05) is 0 Å². The lowest BCUT2D eigenvalue weighted by molar-refractivity contribution is 0.417. The summed E-state index contributed by atoms with van der Waals surface area (Å²) in [6.45, 7) is 0.451. The van der Waals surface area contributed by atoms with Crippen LogP contribution in [0.15, 0.2) is 10.6 Å². The molecule has 2 rings (SSSR count). The molecule has 0 aromatic carbocycles. The van der Waals surface area contributed by atoms with Gasteiger partial charge in [-0.3, -0.25) is 0 Å². The highest BCUT2D eigenvalue weighted by Gasteiger charge is 2.20. The summed E-state index contributed by atoms with van der Waals surface area (Å²) in [7, 11) is 0. The second-order valence-electron chi connectivity index (χ2n) is 3.28. The molecule has 1 aromatic heterocycles. The Morgan fingerprint density at radius 3 is 3.23 bits per heavy atom. The molecule has 2 N–H and O–H groups in total. The first-order valence-electron chi connectivity index (χ1n) is 4.62. The van der Waals surface area contributed by atoms with Gasteiger partial charge in [0.25, 0.3) is 0 Å². The second-order valence-corrected chi connectivity index (χ2v) is 4.43. The fraction of sp³-hybridized carbons (Fsp3) is 0.667. The molecule has 1 aliphatic rings. The molecule has 0 bridgehead atoms. The van der Waals surface area contributed by atoms with Crippen molar-refractivity contribution in [2.45, 2.75) is 25.3 Å². The quantitative estimate of drug-likeness (QED) is 0.786. The highest BCUT2D eigenvalue weighted by atomic mass is 32.2. The van der Waals surface area contributed by atoms with E-state index in [1.807, 2.05) is 11.8 Å². The first-order valence-corrected chi connectivity index (χ1v) is 5.78. The maximum Gasteiger partial charge on any atom is 0.198 e. The fourth-order valence-electron chi connectivity index (χ4n) is 1.54. The van der Waals surface area contributed by atoms with E-state index < -0.39 is 0 Å². The van der Waals surface area contributed by atoms with Crippen molar-refractivity contribution < 1.29 is 4.42 Å². The first-order chi connectivity index (χ1) is 6.40. The van der Waals surface area contributed by atoms with Gasteiger partial charge in [-0.25, -0.2) is 4.98 Å². The Bertz CT molecular complexity index is 268. The van der Waals surface area contributed by atoms with Crippen LogP contribution in [0.25, 0.3) is 0 Å². The maximum absolute atomic E-state index is 5.52. The van der Waals surface area contributed by atoms with Crippen LogP contribution >= 0.6 is 11.8 Å². The van der Waals surface area contributed by atoms with E-state index in [0.717, 1.165) is 17.4 Å². The molecular weight excluding hydrogens is 184 g/mol. The smallest absolute Gasteiger partial charge is 0.198 e. The van der Waals surface area contributed by atoms with Gasteiger partial charge in [-0.05, 0) is 18.6 Å². The van der Waals surface area contributed by atoms with Gasteiger partial charge in [0.05, 0.1) is 12.7 Å². The van der Waals surface area contributed by atoms with Crippen molar-refractivity contribution in [2.75, 3.05) is 11.5 Å². The van der Waals surface area contributed by atoms with E-state index in [1.54, 1.807) is 6.20 Å². The molecule has 1 saturated heterocycles. The molecule has 0 spiro atoms. The van der Waals surface area contributed by atoms with E-state index in [4.69, 9.17) is 10.2 Å².